The maximum Gasteiger partial charge on any atom is 0.220 e. The summed E-state index contributed by atoms with van der Waals surface area (Å²) in [5.74, 6) is 0.152. The van der Waals surface area contributed by atoms with Gasteiger partial charge in [-0.3, -0.25) is 14.7 Å². The van der Waals surface area contributed by atoms with E-state index in [1.807, 2.05) is 36.7 Å². The monoisotopic (exact) mass is 385 g/mol. The van der Waals surface area contributed by atoms with Crippen LogP contribution in [0.15, 0.2) is 48.8 Å². The first-order valence-electron chi connectivity index (χ1n) is 8.75. The van der Waals surface area contributed by atoms with Crippen LogP contribution in [0.4, 0.5) is 0 Å². The Morgan fingerprint density at radius 1 is 1.19 bits per heavy atom. The van der Waals surface area contributed by atoms with Crippen molar-refractivity contribution in [3.8, 4) is 0 Å². The zero-order valence-corrected chi connectivity index (χ0v) is 15.9. The van der Waals surface area contributed by atoms with Crippen molar-refractivity contribution in [2.45, 2.75) is 32.0 Å². The predicted molar refractivity (Wildman–Crippen MR) is 106 cm³/mol. The molecule has 0 radical (unpaired) electrons. The summed E-state index contributed by atoms with van der Waals surface area (Å²) in [6.45, 7) is 2.39. The van der Waals surface area contributed by atoms with Crippen LogP contribution >= 0.6 is 22.9 Å². The highest BCUT2D eigenvalue weighted by Gasteiger charge is 2.24. The maximum atomic E-state index is 11.6. The first-order chi connectivity index (χ1) is 12.7. The van der Waals surface area contributed by atoms with Gasteiger partial charge in [-0.2, -0.15) is 0 Å². The van der Waals surface area contributed by atoms with E-state index in [4.69, 9.17) is 11.6 Å². The van der Waals surface area contributed by atoms with Gasteiger partial charge in [0.25, 0.3) is 0 Å². The van der Waals surface area contributed by atoms with Gasteiger partial charge in [0.15, 0.2) is 0 Å². The number of benzene rings is 1. The lowest BCUT2D eigenvalue weighted by molar-refractivity contribution is -0.119. The number of amides is 1. The Kier molecular flexibility index (Phi) is 5.20. The van der Waals surface area contributed by atoms with Gasteiger partial charge < -0.3 is 5.32 Å². The van der Waals surface area contributed by atoms with Crippen LogP contribution in [0.25, 0.3) is 10.1 Å². The quantitative estimate of drug-likeness (QED) is 0.690. The molecule has 1 aliphatic heterocycles. The summed E-state index contributed by atoms with van der Waals surface area (Å²) in [6.07, 6.45) is 5.15. The molecule has 1 aromatic carbocycles. The third-order valence-electron chi connectivity index (χ3n) is 4.69. The SMILES string of the molecule is O=C1CC[C@@H](CN(Cc2ccncc2)Cc2sc3ccccc3c2Cl)N1. The zero-order chi connectivity index (χ0) is 17.9. The van der Waals surface area contributed by atoms with Crippen LogP contribution < -0.4 is 5.32 Å². The van der Waals surface area contributed by atoms with Crippen LogP contribution in [0.3, 0.4) is 0 Å². The van der Waals surface area contributed by atoms with Gasteiger partial charge in [0.05, 0.1) is 5.02 Å². The number of nitrogens with zero attached hydrogens (tertiary/aromatic N) is 2. The molecular formula is C20H20ClN3OS. The molecule has 1 amide bonds. The Balaban J connectivity index is 1.56. The first kappa shape index (κ1) is 17.5. The van der Waals surface area contributed by atoms with Crippen molar-refractivity contribution < 1.29 is 4.79 Å². The Bertz CT molecular complexity index is 912. The number of carbonyl (C=O) groups excluding carboxylic acids is 1. The number of hydrogen-bond donors (Lipinski definition) is 1. The number of halogens is 1. The first-order valence-corrected chi connectivity index (χ1v) is 9.95. The van der Waals surface area contributed by atoms with Crippen LogP contribution in [0.5, 0.6) is 0 Å². The maximum absolute atomic E-state index is 11.6. The molecule has 4 nitrogen and oxygen atoms in total. The molecule has 0 unspecified atom stereocenters. The normalized spacial score (nSPS) is 17.2. The van der Waals surface area contributed by atoms with Crippen LogP contribution in [0, 0.1) is 0 Å². The van der Waals surface area contributed by atoms with Crippen LogP contribution in [-0.4, -0.2) is 28.4 Å². The fourth-order valence-corrected chi connectivity index (χ4v) is 4.96. The van der Waals surface area contributed by atoms with Crippen molar-refractivity contribution in [2.24, 2.45) is 0 Å². The molecule has 6 heteroatoms. The number of hydrogen-bond acceptors (Lipinski definition) is 4. The number of fused-ring (bicyclic) bond motifs is 1. The number of pyridine rings is 1. The van der Waals surface area contributed by atoms with E-state index in [2.05, 4.69) is 27.3 Å². The highest BCUT2D eigenvalue weighted by molar-refractivity contribution is 7.19. The van der Waals surface area contributed by atoms with Gasteiger partial charge in [0.1, 0.15) is 0 Å². The molecule has 4 rings (SSSR count). The third kappa shape index (κ3) is 3.90. The van der Waals surface area contributed by atoms with E-state index in [0.717, 1.165) is 36.5 Å². The lowest BCUT2D eigenvalue weighted by Crippen LogP contribution is -2.38. The Hall–Kier alpha value is -1.95. The molecule has 1 N–H and O–H groups in total. The lowest BCUT2D eigenvalue weighted by atomic mass is 10.2. The van der Waals surface area contributed by atoms with Crippen molar-refractivity contribution in [1.82, 2.24) is 15.2 Å². The molecule has 2 aromatic heterocycles. The molecule has 1 fully saturated rings. The molecule has 3 aromatic rings. The average molecular weight is 386 g/mol. The second kappa shape index (κ2) is 7.74. The molecule has 0 saturated carbocycles. The molecule has 0 aliphatic carbocycles. The highest BCUT2D eigenvalue weighted by atomic mass is 35.5. The number of aromatic nitrogens is 1. The standard InChI is InChI=1S/C20H20ClN3OS/c21-20-16-3-1-2-4-17(16)26-18(20)13-24(11-14-7-9-22-10-8-14)12-15-5-6-19(25)23-15/h1-4,7-10,15H,5-6,11-13H2,(H,23,25)/t15-/m0/s1. The lowest BCUT2D eigenvalue weighted by Gasteiger charge is -2.25. The van der Waals surface area contributed by atoms with Crippen molar-refractivity contribution in [2.75, 3.05) is 6.54 Å². The average Bonchev–Trinajstić information content (AvgIpc) is 3.19. The summed E-state index contributed by atoms with van der Waals surface area (Å²) in [5, 5.41) is 5.04. The number of nitrogens with one attached hydrogen (secondary N) is 1. The minimum Gasteiger partial charge on any atom is -0.352 e. The van der Waals surface area contributed by atoms with Crippen molar-refractivity contribution >= 4 is 38.9 Å². The molecule has 26 heavy (non-hydrogen) atoms. The molecule has 1 atom stereocenters. The minimum atomic E-state index is 0.152. The fraction of sp³-hybridized carbons (Fsp3) is 0.300. The van der Waals surface area contributed by atoms with Crippen LogP contribution in [0.1, 0.15) is 23.3 Å². The second-order valence-electron chi connectivity index (χ2n) is 6.66. The Labute approximate surface area is 161 Å². The molecule has 1 aliphatic rings. The topological polar surface area (TPSA) is 45.2 Å². The molecular weight excluding hydrogens is 366 g/mol. The predicted octanol–water partition coefficient (Wildman–Crippen LogP) is 4.23. The number of carbonyl (C=O) groups is 1. The van der Waals surface area contributed by atoms with E-state index < -0.39 is 0 Å². The number of rotatable bonds is 6. The van der Waals surface area contributed by atoms with E-state index in [1.54, 1.807) is 11.3 Å². The van der Waals surface area contributed by atoms with E-state index in [1.165, 1.54) is 15.1 Å². The van der Waals surface area contributed by atoms with E-state index in [9.17, 15) is 4.79 Å². The smallest absolute Gasteiger partial charge is 0.220 e. The third-order valence-corrected chi connectivity index (χ3v) is 6.39. The van der Waals surface area contributed by atoms with Crippen molar-refractivity contribution in [3.05, 3.63) is 64.3 Å². The summed E-state index contributed by atoms with van der Waals surface area (Å²) in [5.41, 5.74) is 1.21. The van der Waals surface area contributed by atoms with Crippen molar-refractivity contribution in [1.29, 1.82) is 0 Å². The van der Waals surface area contributed by atoms with Crippen molar-refractivity contribution in [3.63, 3.8) is 0 Å². The van der Waals surface area contributed by atoms with Gasteiger partial charge in [-0.1, -0.05) is 29.8 Å². The van der Waals surface area contributed by atoms with Gasteiger partial charge >= 0.3 is 0 Å². The summed E-state index contributed by atoms with van der Waals surface area (Å²) in [7, 11) is 0. The van der Waals surface area contributed by atoms with Gasteiger partial charge in [0.2, 0.25) is 5.91 Å². The Morgan fingerprint density at radius 3 is 2.73 bits per heavy atom. The molecule has 0 bridgehead atoms. The molecule has 3 heterocycles. The van der Waals surface area contributed by atoms with Gasteiger partial charge in [-0.15, -0.1) is 11.3 Å². The van der Waals surface area contributed by atoms with Gasteiger partial charge in [0, 0.05) is 59.5 Å². The molecule has 134 valence electrons. The largest absolute Gasteiger partial charge is 0.352 e. The second-order valence-corrected chi connectivity index (χ2v) is 8.18. The van der Waals surface area contributed by atoms with E-state index in [0.29, 0.717) is 6.42 Å². The minimum absolute atomic E-state index is 0.152. The van der Waals surface area contributed by atoms with Crippen LogP contribution in [-0.2, 0) is 17.9 Å². The van der Waals surface area contributed by atoms with E-state index in [-0.39, 0.29) is 11.9 Å². The summed E-state index contributed by atoms with van der Waals surface area (Å²) < 4.78 is 1.21. The van der Waals surface area contributed by atoms with Gasteiger partial charge in [-0.05, 0) is 30.2 Å². The zero-order valence-electron chi connectivity index (χ0n) is 14.3. The van der Waals surface area contributed by atoms with Gasteiger partial charge in [-0.25, -0.2) is 0 Å². The van der Waals surface area contributed by atoms with E-state index >= 15 is 0 Å². The summed E-state index contributed by atoms with van der Waals surface area (Å²) >= 11 is 8.40. The molecule has 1 saturated heterocycles. The molecule has 0 spiro atoms. The fourth-order valence-electron chi connectivity index (χ4n) is 3.43. The Morgan fingerprint density at radius 2 is 2.00 bits per heavy atom. The highest BCUT2D eigenvalue weighted by Crippen LogP contribution is 2.36. The summed E-state index contributed by atoms with van der Waals surface area (Å²) in [6, 6.07) is 12.5. The number of thiophene rings is 1. The summed E-state index contributed by atoms with van der Waals surface area (Å²) in [4.78, 5) is 19.2. The van der Waals surface area contributed by atoms with Crippen LogP contribution in [0.2, 0.25) is 5.02 Å².